The minimum atomic E-state index is -0.352. The Bertz CT molecular complexity index is 353. The Morgan fingerprint density at radius 1 is 1.71 bits per heavy atom. The number of allylic oxidation sites excluding steroid dienone is 2. The van der Waals surface area contributed by atoms with E-state index in [1.165, 1.54) is 13.3 Å². The van der Waals surface area contributed by atoms with Gasteiger partial charge in [-0.3, -0.25) is 0 Å². The summed E-state index contributed by atoms with van der Waals surface area (Å²) in [6.45, 7) is 4.44. The molecule has 76 valence electrons. The zero-order valence-electron chi connectivity index (χ0n) is 8.65. The molecule has 4 heteroatoms. The number of aryl methyl sites for hydroxylation is 1. The molecule has 1 heterocycles. The van der Waals surface area contributed by atoms with E-state index in [0.29, 0.717) is 12.2 Å². The number of rotatable bonds is 3. The van der Waals surface area contributed by atoms with Crippen molar-refractivity contribution in [2.45, 2.75) is 20.4 Å². The molecule has 0 aromatic carbocycles. The smallest absolute Gasteiger partial charge is 0.356 e. The van der Waals surface area contributed by atoms with Gasteiger partial charge in [-0.05, 0) is 13.8 Å². The van der Waals surface area contributed by atoms with E-state index in [1.807, 2.05) is 30.6 Å². The highest BCUT2D eigenvalue weighted by molar-refractivity contribution is 5.87. The van der Waals surface area contributed by atoms with Crippen LogP contribution >= 0.6 is 0 Å². The third-order valence-corrected chi connectivity index (χ3v) is 1.97. The number of hydrogen-bond acceptors (Lipinski definition) is 3. The number of imidazole rings is 1. The van der Waals surface area contributed by atoms with Crippen LogP contribution in [0, 0.1) is 6.92 Å². The number of esters is 1. The Balaban J connectivity index is 2.99. The molecule has 0 spiro atoms. The Hall–Kier alpha value is -1.58. The maximum Gasteiger partial charge on any atom is 0.356 e. The first-order valence-corrected chi connectivity index (χ1v) is 4.42. The molecule has 0 radical (unpaired) electrons. The first-order valence-electron chi connectivity index (χ1n) is 4.42. The topological polar surface area (TPSA) is 44.1 Å². The van der Waals surface area contributed by atoms with Gasteiger partial charge < -0.3 is 9.30 Å². The molecular weight excluding hydrogens is 180 g/mol. The molecule has 14 heavy (non-hydrogen) atoms. The number of methoxy groups -OCH3 is 1. The van der Waals surface area contributed by atoms with Gasteiger partial charge in [0, 0.05) is 6.54 Å². The van der Waals surface area contributed by atoms with E-state index in [1.54, 1.807) is 0 Å². The van der Waals surface area contributed by atoms with E-state index in [0.717, 1.165) is 5.82 Å². The second kappa shape index (κ2) is 4.60. The highest BCUT2D eigenvalue weighted by Crippen LogP contribution is 2.06. The Morgan fingerprint density at radius 2 is 2.43 bits per heavy atom. The van der Waals surface area contributed by atoms with Gasteiger partial charge in [0.1, 0.15) is 11.5 Å². The fourth-order valence-electron chi connectivity index (χ4n) is 1.18. The van der Waals surface area contributed by atoms with Crippen molar-refractivity contribution in [3.63, 3.8) is 0 Å². The van der Waals surface area contributed by atoms with E-state index in [-0.39, 0.29) is 5.97 Å². The molecule has 0 aliphatic rings. The SMILES string of the molecule is CC=CCn1c(C(=O)OC)cnc1C. The molecule has 0 unspecified atom stereocenters. The lowest BCUT2D eigenvalue weighted by molar-refractivity contribution is 0.0589. The first kappa shape index (κ1) is 10.5. The molecule has 0 fully saturated rings. The van der Waals surface area contributed by atoms with Gasteiger partial charge in [0.05, 0.1) is 13.3 Å². The van der Waals surface area contributed by atoms with Crippen LogP contribution in [0.4, 0.5) is 0 Å². The van der Waals surface area contributed by atoms with Gasteiger partial charge in [-0.1, -0.05) is 12.2 Å². The average molecular weight is 194 g/mol. The van der Waals surface area contributed by atoms with Crippen LogP contribution in [0.1, 0.15) is 23.2 Å². The molecule has 0 aliphatic carbocycles. The van der Waals surface area contributed by atoms with Gasteiger partial charge in [-0.2, -0.15) is 0 Å². The summed E-state index contributed by atoms with van der Waals surface area (Å²) in [6, 6.07) is 0. The molecule has 4 nitrogen and oxygen atoms in total. The van der Waals surface area contributed by atoms with Crippen LogP contribution in [0.15, 0.2) is 18.3 Å². The predicted molar refractivity (Wildman–Crippen MR) is 53.1 cm³/mol. The standard InChI is InChI=1S/C10H14N2O2/c1-4-5-6-12-8(2)11-7-9(12)10(13)14-3/h4-5,7H,6H2,1-3H3. The number of carbonyl (C=O) groups is 1. The summed E-state index contributed by atoms with van der Waals surface area (Å²) in [5.41, 5.74) is 0.489. The molecule has 0 aliphatic heterocycles. The monoisotopic (exact) mass is 194 g/mol. The van der Waals surface area contributed by atoms with Crippen molar-refractivity contribution in [1.82, 2.24) is 9.55 Å². The van der Waals surface area contributed by atoms with Crippen LogP contribution in [0.2, 0.25) is 0 Å². The van der Waals surface area contributed by atoms with E-state index in [9.17, 15) is 4.79 Å². The molecule has 1 rings (SSSR count). The van der Waals surface area contributed by atoms with Crippen LogP contribution in [0.25, 0.3) is 0 Å². The van der Waals surface area contributed by atoms with Crippen molar-refractivity contribution in [3.8, 4) is 0 Å². The Kier molecular flexibility index (Phi) is 3.45. The number of carbonyl (C=O) groups excluding carboxylic acids is 1. The van der Waals surface area contributed by atoms with Crippen molar-refractivity contribution in [1.29, 1.82) is 0 Å². The van der Waals surface area contributed by atoms with Gasteiger partial charge in [-0.25, -0.2) is 9.78 Å². The van der Waals surface area contributed by atoms with Gasteiger partial charge in [0.15, 0.2) is 0 Å². The van der Waals surface area contributed by atoms with Gasteiger partial charge in [0.2, 0.25) is 0 Å². The molecular formula is C10H14N2O2. The third-order valence-electron chi connectivity index (χ3n) is 1.97. The third kappa shape index (κ3) is 2.02. The summed E-state index contributed by atoms with van der Waals surface area (Å²) < 4.78 is 6.46. The zero-order valence-corrected chi connectivity index (χ0v) is 8.65. The molecule has 0 amide bonds. The van der Waals surface area contributed by atoms with Crippen LogP contribution in [0.3, 0.4) is 0 Å². The van der Waals surface area contributed by atoms with E-state index in [4.69, 9.17) is 0 Å². The van der Waals surface area contributed by atoms with Crippen LogP contribution < -0.4 is 0 Å². The molecule has 1 aromatic rings. The van der Waals surface area contributed by atoms with E-state index >= 15 is 0 Å². The molecule has 0 N–H and O–H groups in total. The van der Waals surface area contributed by atoms with Crippen LogP contribution in [0.5, 0.6) is 0 Å². The van der Waals surface area contributed by atoms with Crippen molar-refractivity contribution in [2.75, 3.05) is 7.11 Å². The van der Waals surface area contributed by atoms with Crippen molar-refractivity contribution < 1.29 is 9.53 Å². The number of hydrogen-bond donors (Lipinski definition) is 0. The fourth-order valence-corrected chi connectivity index (χ4v) is 1.18. The summed E-state index contributed by atoms with van der Waals surface area (Å²) in [5, 5.41) is 0. The highest BCUT2D eigenvalue weighted by Gasteiger charge is 2.13. The lowest BCUT2D eigenvalue weighted by Crippen LogP contribution is -2.10. The van der Waals surface area contributed by atoms with Gasteiger partial charge in [-0.15, -0.1) is 0 Å². The zero-order chi connectivity index (χ0) is 10.6. The summed E-state index contributed by atoms with van der Waals surface area (Å²) in [5.74, 6) is 0.457. The maximum atomic E-state index is 11.3. The minimum absolute atomic E-state index is 0.352. The lowest BCUT2D eigenvalue weighted by Gasteiger charge is -2.05. The lowest BCUT2D eigenvalue weighted by atomic mass is 10.4. The number of ether oxygens (including phenoxy) is 1. The van der Waals surface area contributed by atoms with Crippen molar-refractivity contribution >= 4 is 5.97 Å². The first-order chi connectivity index (χ1) is 6.70. The second-order valence-electron chi connectivity index (χ2n) is 2.86. The van der Waals surface area contributed by atoms with Gasteiger partial charge in [0.25, 0.3) is 0 Å². The highest BCUT2D eigenvalue weighted by atomic mass is 16.5. The number of nitrogens with zero attached hydrogens (tertiary/aromatic N) is 2. The Morgan fingerprint density at radius 3 is 3.00 bits per heavy atom. The summed E-state index contributed by atoms with van der Waals surface area (Å²) in [6.07, 6.45) is 5.42. The second-order valence-corrected chi connectivity index (χ2v) is 2.86. The maximum absolute atomic E-state index is 11.3. The minimum Gasteiger partial charge on any atom is -0.464 e. The van der Waals surface area contributed by atoms with Crippen LogP contribution in [-0.2, 0) is 11.3 Å². The largest absolute Gasteiger partial charge is 0.464 e. The van der Waals surface area contributed by atoms with Crippen molar-refractivity contribution in [2.24, 2.45) is 0 Å². The summed E-state index contributed by atoms with van der Waals surface area (Å²) >= 11 is 0. The molecule has 1 aromatic heterocycles. The number of aromatic nitrogens is 2. The predicted octanol–water partition coefficient (Wildman–Crippen LogP) is 1.55. The average Bonchev–Trinajstić information content (AvgIpc) is 2.56. The summed E-state index contributed by atoms with van der Waals surface area (Å²) in [4.78, 5) is 15.4. The Labute approximate surface area is 83.2 Å². The fraction of sp³-hybridized carbons (Fsp3) is 0.400. The van der Waals surface area contributed by atoms with Crippen LogP contribution in [-0.4, -0.2) is 22.6 Å². The normalized spacial score (nSPS) is 10.8. The van der Waals surface area contributed by atoms with E-state index < -0.39 is 0 Å². The summed E-state index contributed by atoms with van der Waals surface area (Å²) in [7, 11) is 1.37. The molecule has 0 saturated carbocycles. The van der Waals surface area contributed by atoms with E-state index in [2.05, 4.69) is 9.72 Å². The van der Waals surface area contributed by atoms with Gasteiger partial charge >= 0.3 is 5.97 Å². The molecule has 0 atom stereocenters. The quantitative estimate of drug-likeness (QED) is 0.541. The van der Waals surface area contributed by atoms with Crippen molar-refractivity contribution in [3.05, 3.63) is 29.9 Å². The molecule has 0 bridgehead atoms. The molecule has 0 saturated heterocycles.